The van der Waals surface area contributed by atoms with Crippen LogP contribution in [0.4, 0.5) is 10.1 Å². The number of anilines is 1. The standard InChI is InChI=1S/C20H23FN4O2S/c21-14-8-10-15(11-9-14)22-17(26)19-24-23-18(28-19)16-7-4-12-25(16)20(27)13-5-2-1-3-6-13/h8-11,13,16H,1-7,12H2,(H,22,26)/t16-/m0/s1. The van der Waals surface area contributed by atoms with Gasteiger partial charge >= 0.3 is 0 Å². The number of nitrogens with one attached hydrogen (secondary N) is 1. The second-order valence-electron chi connectivity index (χ2n) is 7.43. The number of amides is 2. The van der Waals surface area contributed by atoms with E-state index in [1.807, 2.05) is 4.90 Å². The highest BCUT2D eigenvalue weighted by Gasteiger charge is 2.36. The number of hydrogen-bond acceptors (Lipinski definition) is 5. The lowest BCUT2D eigenvalue weighted by Gasteiger charge is -2.29. The van der Waals surface area contributed by atoms with Crippen LogP contribution in [-0.2, 0) is 4.79 Å². The Morgan fingerprint density at radius 3 is 2.54 bits per heavy atom. The summed E-state index contributed by atoms with van der Waals surface area (Å²) in [6.07, 6.45) is 7.22. The molecule has 1 atom stereocenters. The molecule has 6 nitrogen and oxygen atoms in total. The lowest BCUT2D eigenvalue weighted by molar-refractivity contribution is -0.137. The fourth-order valence-electron chi connectivity index (χ4n) is 4.05. The first-order valence-corrected chi connectivity index (χ1v) is 10.6. The Labute approximate surface area is 167 Å². The molecule has 1 aliphatic heterocycles. The molecular formula is C20H23FN4O2S. The van der Waals surface area contributed by atoms with Crippen molar-refractivity contribution in [2.75, 3.05) is 11.9 Å². The van der Waals surface area contributed by atoms with Crippen molar-refractivity contribution in [2.45, 2.75) is 51.0 Å². The van der Waals surface area contributed by atoms with E-state index < -0.39 is 0 Å². The molecule has 2 amide bonds. The fourth-order valence-corrected chi connectivity index (χ4v) is 4.94. The zero-order chi connectivity index (χ0) is 19.5. The van der Waals surface area contributed by atoms with Crippen molar-refractivity contribution in [1.82, 2.24) is 15.1 Å². The van der Waals surface area contributed by atoms with Crippen molar-refractivity contribution < 1.29 is 14.0 Å². The van der Waals surface area contributed by atoms with E-state index >= 15 is 0 Å². The Kier molecular flexibility index (Phi) is 5.66. The first-order chi connectivity index (χ1) is 13.6. The van der Waals surface area contributed by atoms with Crippen molar-refractivity contribution in [1.29, 1.82) is 0 Å². The van der Waals surface area contributed by atoms with Crippen molar-refractivity contribution in [2.24, 2.45) is 5.92 Å². The molecule has 8 heteroatoms. The molecule has 2 aliphatic rings. The molecule has 1 saturated carbocycles. The summed E-state index contributed by atoms with van der Waals surface area (Å²) in [4.78, 5) is 27.3. The van der Waals surface area contributed by atoms with E-state index in [2.05, 4.69) is 15.5 Å². The number of nitrogens with zero attached hydrogens (tertiary/aromatic N) is 3. The predicted molar refractivity (Wildman–Crippen MR) is 105 cm³/mol. The van der Waals surface area contributed by atoms with Crippen LogP contribution in [0.25, 0.3) is 0 Å². The van der Waals surface area contributed by atoms with E-state index in [0.29, 0.717) is 10.7 Å². The molecule has 0 unspecified atom stereocenters. The van der Waals surface area contributed by atoms with E-state index in [1.54, 1.807) is 0 Å². The third kappa shape index (κ3) is 4.06. The van der Waals surface area contributed by atoms with Crippen LogP contribution < -0.4 is 5.32 Å². The highest BCUT2D eigenvalue weighted by molar-refractivity contribution is 7.13. The van der Waals surface area contributed by atoms with Crippen molar-refractivity contribution in [3.05, 3.63) is 40.1 Å². The van der Waals surface area contributed by atoms with Crippen molar-refractivity contribution in [3.63, 3.8) is 0 Å². The van der Waals surface area contributed by atoms with Crippen LogP contribution >= 0.6 is 11.3 Å². The van der Waals surface area contributed by atoms with Crippen molar-refractivity contribution >= 4 is 28.8 Å². The van der Waals surface area contributed by atoms with Crippen LogP contribution in [0.3, 0.4) is 0 Å². The number of aromatic nitrogens is 2. The smallest absolute Gasteiger partial charge is 0.286 e. The molecule has 0 radical (unpaired) electrons. The summed E-state index contributed by atoms with van der Waals surface area (Å²) in [5, 5.41) is 11.9. The summed E-state index contributed by atoms with van der Waals surface area (Å²) >= 11 is 1.23. The largest absolute Gasteiger partial charge is 0.333 e. The van der Waals surface area contributed by atoms with Gasteiger partial charge in [-0.3, -0.25) is 9.59 Å². The number of likely N-dealkylation sites (tertiary alicyclic amines) is 1. The minimum absolute atomic E-state index is 0.0840. The summed E-state index contributed by atoms with van der Waals surface area (Å²) < 4.78 is 13.0. The van der Waals surface area contributed by atoms with Gasteiger partial charge in [0.2, 0.25) is 10.9 Å². The summed E-state index contributed by atoms with van der Waals surface area (Å²) in [7, 11) is 0. The molecule has 2 aromatic rings. The van der Waals surface area contributed by atoms with Gasteiger partial charge in [-0.05, 0) is 49.9 Å². The number of carbonyl (C=O) groups excluding carboxylic acids is 2. The Hall–Kier alpha value is -2.35. The summed E-state index contributed by atoms with van der Waals surface area (Å²) in [5.74, 6) is -0.378. The quantitative estimate of drug-likeness (QED) is 0.833. The molecule has 1 aromatic heterocycles. The van der Waals surface area contributed by atoms with Crippen LogP contribution in [0.1, 0.15) is 65.8 Å². The molecule has 148 valence electrons. The van der Waals surface area contributed by atoms with Gasteiger partial charge in [-0.25, -0.2) is 4.39 Å². The van der Waals surface area contributed by atoms with Gasteiger partial charge in [-0.1, -0.05) is 30.6 Å². The first kappa shape index (κ1) is 19.0. The maximum absolute atomic E-state index is 13.0. The highest BCUT2D eigenvalue weighted by Crippen LogP contribution is 2.37. The number of carbonyl (C=O) groups is 2. The zero-order valence-corrected chi connectivity index (χ0v) is 16.4. The van der Waals surface area contributed by atoms with Gasteiger partial charge in [0.25, 0.3) is 5.91 Å². The maximum atomic E-state index is 13.0. The van der Waals surface area contributed by atoms with Crippen LogP contribution in [0.15, 0.2) is 24.3 Å². The summed E-state index contributed by atoms with van der Waals surface area (Å²) in [6.45, 7) is 0.747. The van der Waals surface area contributed by atoms with Gasteiger partial charge in [0, 0.05) is 18.2 Å². The van der Waals surface area contributed by atoms with E-state index in [1.165, 1.54) is 42.0 Å². The van der Waals surface area contributed by atoms with Crippen LogP contribution in [0.5, 0.6) is 0 Å². The molecule has 0 spiro atoms. The van der Waals surface area contributed by atoms with E-state index in [-0.39, 0.29) is 34.6 Å². The number of halogens is 1. The van der Waals surface area contributed by atoms with Crippen LogP contribution in [-0.4, -0.2) is 33.5 Å². The Balaban J connectivity index is 1.44. The van der Waals surface area contributed by atoms with Crippen LogP contribution in [0, 0.1) is 11.7 Å². The molecule has 2 heterocycles. The molecule has 4 rings (SSSR count). The Bertz CT molecular complexity index is 848. The summed E-state index contributed by atoms with van der Waals surface area (Å²) in [6, 6.07) is 5.48. The lowest BCUT2D eigenvalue weighted by Crippen LogP contribution is -2.36. The number of benzene rings is 1. The molecular weight excluding hydrogens is 379 g/mol. The van der Waals surface area contributed by atoms with Gasteiger partial charge in [-0.15, -0.1) is 10.2 Å². The third-order valence-corrected chi connectivity index (χ3v) is 6.54. The topological polar surface area (TPSA) is 75.2 Å². The van der Waals surface area contributed by atoms with Gasteiger partial charge in [0.1, 0.15) is 10.8 Å². The average Bonchev–Trinajstić information content (AvgIpc) is 3.39. The monoisotopic (exact) mass is 402 g/mol. The molecule has 1 saturated heterocycles. The van der Waals surface area contributed by atoms with Gasteiger partial charge in [0.05, 0.1) is 6.04 Å². The van der Waals surface area contributed by atoms with Gasteiger partial charge in [-0.2, -0.15) is 0 Å². The second-order valence-corrected chi connectivity index (χ2v) is 8.44. The Morgan fingerprint density at radius 2 is 1.79 bits per heavy atom. The minimum Gasteiger partial charge on any atom is -0.333 e. The molecule has 28 heavy (non-hydrogen) atoms. The van der Waals surface area contributed by atoms with Crippen LogP contribution in [0.2, 0.25) is 0 Å². The van der Waals surface area contributed by atoms with Gasteiger partial charge in [0.15, 0.2) is 0 Å². The highest BCUT2D eigenvalue weighted by atomic mass is 32.1. The first-order valence-electron chi connectivity index (χ1n) is 9.82. The van der Waals surface area contributed by atoms with E-state index in [4.69, 9.17) is 0 Å². The maximum Gasteiger partial charge on any atom is 0.286 e. The second kappa shape index (κ2) is 8.34. The molecule has 1 N–H and O–H groups in total. The van der Waals surface area contributed by atoms with Gasteiger partial charge < -0.3 is 10.2 Å². The van der Waals surface area contributed by atoms with E-state index in [9.17, 15) is 14.0 Å². The molecule has 1 aromatic carbocycles. The number of rotatable bonds is 4. The minimum atomic E-state index is -0.376. The summed E-state index contributed by atoms with van der Waals surface area (Å²) in [5.41, 5.74) is 0.498. The van der Waals surface area contributed by atoms with Crippen molar-refractivity contribution in [3.8, 4) is 0 Å². The average molecular weight is 402 g/mol. The molecule has 2 fully saturated rings. The Morgan fingerprint density at radius 1 is 1.04 bits per heavy atom. The molecule has 0 bridgehead atoms. The third-order valence-electron chi connectivity index (χ3n) is 5.51. The fraction of sp³-hybridized carbons (Fsp3) is 0.500. The lowest BCUT2D eigenvalue weighted by atomic mass is 9.88. The SMILES string of the molecule is O=C(Nc1ccc(F)cc1)c1nnc([C@@H]2CCCN2C(=O)C2CCCCC2)s1. The number of hydrogen-bond donors (Lipinski definition) is 1. The molecule has 1 aliphatic carbocycles. The predicted octanol–water partition coefficient (Wildman–Crippen LogP) is 4.17. The van der Waals surface area contributed by atoms with E-state index in [0.717, 1.165) is 45.1 Å². The zero-order valence-electron chi connectivity index (χ0n) is 15.6. The normalized spacial score (nSPS) is 20.3.